The average molecular weight is 383 g/mol. The van der Waals surface area contributed by atoms with E-state index in [-0.39, 0.29) is 0 Å². The Kier molecular flexibility index (Phi) is 5.88. The summed E-state index contributed by atoms with van der Waals surface area (Å²) in [4.78, 5) is 0. The van der Waals surface area contributed by atoms with Crippen LogP contribution >= 0.6 is 15.9 Å². The van der Waals surface area contributed by atoms with Gasteiger partial charge < -0.3 is 10.2 Å². The SMILES string of the molecule is Brc1ccc(COc2cccc(CNNc3ccccc3)c2)cc1. The van der Waals surface area contributed by atoms with Gasteiger partial charge in [-0.15, -0.1) is 0 Å². The highest BCUT2D eigenvalue weighted by Gasteiger charge is 1.99. The average Bonchev–Trinajstić information content (AvgIpc) is 2.63. The van der Waals surface area contributed by atoms with Gasteiger partial charge in [-0.25, -0.2) is 5.43 Å². The molecule has 0 atom stereocenters. The Labute approximate surface area is 150 Å². The zero-order valence-corrected chi connectivity index (χ0v) is 14.8. The van der Waals surface area contributed by atoms with Gasteiger partial charge in [0.05, 0.1) is 0 Å². The van der Waals surface area contributed by atoms with Crippen LogP contribution in [0.25, 0.3) is 0 Å². The van der Waals surface area contributed by atoms with Crippen LogP contribution in [0.2, 0.25) is 0 Å². The van der Waals surface area contributed by atoms with Gasteiger partial charge in [-0.05, 0) is 47.5 Å². The van der Waals surface area contributed by atoms with Crippen molar-refractivity contribution in [2.75, 3.05) is 5.43 Å². The molecule has 2 N–H and O–H groups in total. The van der Waals surface area contributed by atoms with E-state index in [1.165, 1.54) is 0 Å². The van der Waals surface area contributed by atoms with Crippen LogP contribution in [0.15, 0.2) is 83.3 Å². The topological polar surface area (TPSA) is 33.3 Å². The number of hydrogen-bond donors (Lipinski definition) is 2. The number of nitrogens with one attached hydrogen (secondary N) is 2. The molecule has 0 aliphatic rings. The lowest BCUT2D eigenvalue weighted by molar-refractivity contribution is 0.306. The van der Waals surface area contributed by atoms with Gasteiger partial charge in [0.2, 0.25) is 0 Å². The van der Waals surface area contributed by atoms with Crippen LogP contribution in [0.3, 0.4) is 0 Å². The molecule has 0 amide bonds. The zero-order valence-electron chi connectivity index (χ0n) is 13.2. The van der Waals surface area contributed by atoms with Crippen molar-refractivity contribution < 1.29 is 4.74 Å². The predicted octanol–water partition coefficient (Wildman–Crippen LogP) is 5.14. The van der Waals surface area contributed by atoms with E-state index in [0.29, 0.717) is 13.2 Å². The second kappa shape index (κ2) is 8.52. The molecule has 24 heavy (non-hydrogen) atoms. The molecule has 0 heterocycles. The summed E-state index contributed by atoms with van der Waals surface area (Å²) in [6, 6.07) is 26.3. The fraction of sp³-hybridized carbons (Fsp3) is 0.100. The fourth-order valence-electron chi connectivity index (χ4n) is 2.26. The Hall–Kier alpha value is -2.30. The smallest absolute Gasteiger partial charge is 0.120 e. The Morgan fingerprint density at radius 1 is 0.792 bits per heavy atom. The van der Waals surface area contributed by atoms with Crippen molar-refractivity contribution in [3.63, 3.8) is 0 Å². The van der Waals surface area contributed by atoms with E-state index in [2.05, 4.69) is 51.0 Å². The quantitative estimate of drug-likeness (QED) is 0.554. The number of benzene rings is 3. The van der Waals surface area contributed by atoms with Crippen LogP contribution in [0, 0.1) is 0 Å². The van der Waals surface area contributed by atoms with Crippen LogP contribution < -0.4 is 15.6 Å². The lowest BCUT2D eigenvalue weighted by Crippen LogP contribution is -2.20. The molecule has 0 saturated heterocycles. The first-order valence-corrected chi connectivity index (χ1v) is 8.59. The van der Waals surface area contributed by atoms with Gasteiger partial charge in [-0.1, -0.05) is 58.4 Å². The van der Waals surface area contributed by atoms with Gasteiger partial charge in [0.25, 0.3) is 0 Å². The van der Waals surface area contributed by atoms with Gasteiger partial charge in [0, 0.05) is 16.7 Å². The van der Waals surface area contributed by atoms with Crippen molar-refractivity contribution in [2.24, 2.45) is 0 Å². The normalized spacial score (nSPS) is 10.4. The van der Waals surface area contributed by atoms with E-state index >= 15 is 0 Å². The highest BCUT2D eigenvalue weighted by Crippen LogP contribution is 2.16. The minimum absolute atomic E-state index is 0.562. The molecule has 3 nitrogen and oxygen atoms in total. The number of hydrazine groups is 1. The second-order valence-corrected chi connectivity index (χ2v) is 6.32. The third kappa shape index (κ3) is 5.11. The molecule has 0 saturated carbocycles. The molecule has 0 bridgehead atoms. The molecule has 0 unspecified atom stereocenters. The van der Waals surface area contributed by atoms with Crippen molar-refractivity contribution in [1.82, 2.24) is 5.43 Å². The number of hydrogen-bond acceptors (Lipinski definition) is 3. The zero-order chi connectivity index (χ0) is 16.6. The largest absolute Gasteiger partial charge is 0.489 e. The van der Waals surface area contributed by atoms with Gasteiger partial charge in [-0.3, -0.25) is 0 Å². The summed E-state index contributed by atoms with van der Waals surface area (Å²) in [5.41, 5.74) is 9.74. The van der Waals surface area contributed by atoms with Crippen molar-refractivity contribution in [2.45, 2.75) is 13.2 Å². The van der Waals surface area contributed by atoms with E-state index in [1.807, 2.05) is 54.6 Å². The minimum Gasteiger partial charge on any atom is -0.489 e. The Bertz CT molecular complexity index is 760. The van der Waals surface area contributed by atoms with Gasteiger partial charge >= 0.3 is 0 Å². The van der Waals surface area contributed by atoms with E-state index in [4.69, 9.17) is 4.74 Å². The molecule has 0 aliphatic carbocycles. The van der Waals surface area contributed by atoms with Crippen molar-refractivity contribution in [3.05, 3.63) is 94.5 Å². The second-order valence-electron chi connectivity index (χ2n) is 5.41. The first kappa shape index (κ1) is 16.6. The lowest BCUT2D eigenvalue weighted by Gasteiger charge is -2.10. The molecule has 3 aromatic carbocycles. The first-order valence-electron chi connectivity index (χ1n) is 7.80. The molecule has 0 fully saturated rings. The number of para-hydroxylation sites is 1. The van der Waals surface area contributed by atoms with Crippen molar-refractivity contribution >= 4 is 21.6 Å². The fourth-order valence-corrected chi connectivity index (χ4v) is 2.53. The summed E-state index contributed by atoms with van der Waals surface area (Å²) >= 11 is 3.44. The van der Waals surface area contributed by atoms with Gasteiger partial charge in [0.15, 0.2) is 0 Å². The van der Waals surface area contributed by atoms with Crippen molar-refractivity contribution in [1.29, 1.82) is 0 Å². The maximum Gasteiger partial charge on any atom is 0.120 e. The van der Waals surface area contributed by atoms with Crippen molar-refractivity contribution in [3.8, 4) is 5.75 Å². The van der Waals surface area contributed by atoms with Crippen LogP contribution in [-0.4, -0.2) is 0 Å². The summed E-state index contributed by atoms with van der Waals surface area (Å²) in [6.45, 7) is 1.27. The minimum atomic E-state index is 0.562. The first-order chi connectivity index (χ1) is 11.8. The van der Waals surface area contributed by atoms with E-state index in [9.17, 15) is 0 Å². The van der Waals surface area contributed by atoms with E-state index in [1.54, 1.807) is 0 Å². The standard InChI is InChI=1S/C20H19BrN2O/c21-18-11-9-16(10-12-18)15-24-20-8-4-5-17(13-20)14-22-23-19-6-2-1-3-7-19/h1-13,22-23H,14-15H2. The van der Waals surface area contributed by atoms with Gasteiger partial charge in [0.1, 0.15) is 12.4 Å². The number of anilines is 1. The van der Waals surface area contributed by atoms with Crippen LogP contribution in [0.5, 0.6) is 5.75 Å². The molecule has 122 valence electrons. The summed E-state index contributed by atoms with van der Waals surface area (Å²) < 4.78 is 6.95. The molecule has 0 radical (unpaired) electrons. The molecular weight excluding hydrogens is 364 g/mol. The predicted molar refractivity (Wildman–Crippen MR) is 102 cm³/mol. The molecule has 0 aliphatic heterocycles. The molecule has 4 heteroatoms. The highest BCUT2D eigenvalue weighted by molar-refractivity contribution is 9.10. The number of halogens is 1. The maximum absolute atomic E-state index is 5.87. The maximum atomic E-state index is 5.87. The molecule has 3 rings (SSSR count). The Morgan fingerprint density at radius 3 is 2.38 bits per heavy atom. The third-order valence-electron chi connectivity index (χ3n) is 3.52. The van der Waals surface area contributed by atoms with Gasteiger partial charge in [-0.2, -0.15) is 0 Å². The van der Waals surface area contributed by atoms with Crippen LogP contribution in [-0.2, 0) is 13.2 Å². The highest BCUT2D eigenvalue weighted by atomic mass is 79.9. The monoisotopic (exact) mass is 382 g/mol. The lowest BCUT2D eigenvalue weighted by atomic mass is 10.2. The van der Waals surface area contributed by atoms with Crippen LogP contribution in [0.1, 0.15) is 11.1 Å². The number of rotatable bonds is 7. The van der Waals surface area contributed by atoms with Crippen LogP contribution in [0.4, 0.5) is 5.69 Å². The summed E-state index contributed by atoms with van der Waals surface area (Å²) in [7, 11) is 0. The molecular formula is C20H19BrN2O. The molecule has 0 spiro atoms. The molecule has 3 aromatic rings. The Morgan fingerprint density at radius 2 is 1.58 bits per heavy atom. The summed E-state index contributed by atoms with van der Waals surface area (Å²) in [5.74, 6) is 0.872. The third-order valence-corrected chi connectivity index (χ3v) is 4.04. The van der Waals surface area contributed by atoms with E-state index in [0.717, 1.165) is 27.0 Å². The molecule has 0 aromatic heterocycles. The summed E-state index contributed by atoms with van der Waals surface area (Å²) in [6.07, 6.45) is 0. The summed E-state index contributed by atoms with van der Waals surface area (Å²) in [5, 5.41) is 0. The Balaban J connectivity index is 1.51. The number of ether oxygens (including phenoxy) is 1. The van der Waals surface area contributed by atoms with E-state index < -0.39 is 0 Å².